The average Bonchev–Trinajstić information content (AvgIpc) is 2.66. The highest BCUT2D eigenvalue weighted by molar-refractivity contribution is 5.73. The van der Waals surface area contributed by atoms with Gasteiger partial charge >= 0.3 is 6.03 Å². The van der Waals surface area contributed by atoms with Gasteiger partial charge in [0.25, 0.3) is 0 Å². The zero-order valence-corrected chi connectivity index (χ0v) is 13.8. The molecule has 0 aliphatic rings. The number of aliphatic hydroxyl groups is 1. The summed E-state index contributed by atoms with van der Waals surface area (Å²) >= 11 is 0. The number of carbonyl (C=O) groups is 1. The Kier molecular flexibility index (Phi) is 7.29. The summed E-state index contributed by atoms with van der Waals surface area (Å²) in [7, 11) is 0. The zero-order chi connectivity index (χ0) is 17.9. The fourth-order valence-electron chi connectivity index (χ4n) is 2.12. The number of benzene rings is 2. The molecule has 0 fully saturated rings. The molecule has 0 bridgehead atoms. The molecular formula is C19H21N3O3. The third kappa shape index (κ3) is 6.94. The molecule has 130 valence electrons. The van der Waals surface area contributed by atoms with Gasteiger partial charge in [0.2, 0.25) is 0 Å². The molecule has 6 heteroatoms. The summed E-state index contributed by atoms with van der Waals surface area (Å²) in [5.41, 5.74) is 1.69. The molecule has 0 saturated heterocycles. The molecule has 2 aromatic rings. The lowest BCUT2D eigenvalue weighted by Crippen LogP contribution is -2.41. The molecular weight excluding hydrogens is 318 g/mol. The standard InChI is InChI=1S/C19H21N3O3/c20-12-16-6-8-18(9-7-16)25-14-17(23)13-22-19(24)21-11-10-15-4-2-1-3-5-15/h1-9,17,23H,10-11,13-14H2,(H2,21,22,24). The van der Waals surface area contributed by atoms with Crippen molar-refractivity contribution in [1.82, 2.24) is 10.6 Å². The Bertz CT molecular complexity index is 696. The Hall–Kier alpha value is -3.04. The number of hydrogen-bond donors (Lipinski definition) is 3. The highest BCUT2D eigenvalue weighted by Crippen LogP contribution is 2.11. The van der Waals surface area contributed by atoms with Crippen molar-refractivity contribution < 1.29 is 14.6 Å². The van der Waals surface area contributed by atoms with Crippen molar-refractivity contribution in [1.29, 1.82) is 5.26 Å². The smallest absolute Gasteiger partial charge is 0.314 e. The maximum atomic E-state index is 11.7. The normalized spacial score (nSPS) is 11.2. The summed E-state index contributed by atoms with van der Waals surface area (Å²) in [6, 6.07) is 18.2. The molecule has 2 amide bonds. The van der Waals surface area contributed by atoms with Crippen LogP contribution in [0, 0.1) is 11.3 Å². The summed E-state index contributed by atoms with van der Waals surface area (Å²) in [6.45, 7) is 0.664. The predicted octanol–water partition coefficient (Wildman–Crippen LogP) is 1.84. The molecule has 1 unspecified atom stereocenters. The van der Waals surface area contributed by atoms with Gasteiger partial charge in [0, 0.05) is 13.1 Å². The maximum absolute atomic E-state index is 11.7. The van der Waals surface area contributed by atoms with Crippen LogP contribution in [0.1, 0.15) is 11.1 Å². The van der Waals surface area contributed by atoms with Gasteiger partial charge in [0.1, 0.15) is 18.5 Å². The van der Waals surface area contributed by atoms with E-state index in [1.807, 2.05) is 36.4 Å². The third-order valence-corrected chi connectivity index (χ3v) is 3.47. The Morgan fingerprint density at radius 2 is 1.84 bits per heavy atom. The van der Waals surface area contributed by atoms with Gasteiger partial charge in [0.05, 0.1) is 11.6 Å². The number of aliphatic hydroxyl groups excluding tert-OH is 1. The Morgan fingerprint density at radius 1 is 1.12 bits per heavy atom. The predicted molar refractivity (Wildman–Crippen MR) is 94.2 cm³/mol. The monoisotopic (exact) mass is 339 g/mol. The summed E-state index contributed by atoms with van der Waals surface area (Å²) in [4.78, 5) is 11.7. The summed E-state index contributed by atoms with van der Waals surface area (Å²) in [5.74, 6) is 0.561. The van der Waals surface area contributed by atoms with Crippen LogP contribution in [0.4, 0.5) is 4.79 Å². The van der Waals surface area contributed by atoms with Gasteiger partial charge in [-0.3, -0.25) is 0 Å². The van der Waals surface area contributed by atoms with Crippen molar-refractivity contribution in [2.24, 2.45) is 0 Å². The topological polar surface area (TPSA) is 94.4 Å². The lowest BCUT2D eigenvalue weighted by Gasteiger charge is -2.14. The lowest BCUT2D eigenvalue weighted by atomic mass is 10.1. The fraction of sp³-hybridized carbons (Fsp3) is 0.263. The van der Waals surface area contributed by atoms with Crippen molar-refractivity contribution >= 4 is 6.03 Å². The summed E-state index contributed by atoms with van der Waals surface area (Å²) in [6.07, 6.45) is -0.0750. The molecule has 0 spiro atoms. The largest absolute Gasteiger partial charge is 0.491 e. The van der Waals surface area contributed by atoms with Gasteiger partial charge in [-0.1, -0.05) is 30.3 Å². The van der Waals surface area contributed by atoms with Gasteiger partial charge in [0.15, 0.2) is 0 Å². The van der Waals surface area contributed by atoms with Crippen LogP contribution in [0.15, 0.2) is 54.6 Å². The van der Waals surface area contributed by atoms with E-state index in [4.69, 9.17) is 10.00 Å². The van der Waals surface area contributed by atoms with E-state index in [0.717, 1.165) is 12.0 Å². The zero-order valence-electron chi connectivity index (χ0n) is 13.8. The van der Waals surface area contributed by atoms with E-state index in [2.05, 4.69) is 10.6 Å². The highest BCUT2D eigenvalue weighted by atomic mass is 16.5. The molecule has 3 N–H and O–H groups in total. The van der Waals surface area contributed by atoms with E-state index in [1.54, 1.807) is 24.3 Å². The van der Waals surface area contributed by atoms with Crippen LogP contribution < -0.4 is 15.4 Å². The Balaban J connectivity index is 1.59. The molecule has 25 heavy (non-hydrogen) atoms. The highest BCUT2D eigenvalue weighted by Gasteiger charge is 2.08. The average molecular weight is 339 g/mol. The van der Waals surface area contributed by atoms with Crippen molar-refractivity contribution in [2.75, 3.05) is 19.7 Å². The minimum Gasteiger partial charge on any atom is -0.491 e. The van der Waals surface area contributed by atoms with Crippen molar-refractivity contribution in [2.45, 2.75) is 12.5 Å². The molecule has 0 saturated carbocycles. The second-order valence-corrected chi connectivity index (χ2v) is 5.47. The van der Waals surface area contributed by atoms with Crippen LogP contribution in [0.2, 0.25) is 0 Å². The van der Waals surface area contributed by atoms with Crippen LogP contribution in [-0.4, -0.2) is 36.9 Å². The van der Waals surface area contributed by atoms with Crippen molar-refractivity contribution in [3.63, 3.8) is 0 Å². The molecule has 0 heterocycles. The number of nitriles is 1. The first-order valence-electron chi connectivity index (χ1n) is 8.04. The fourth-order valence-corrected chi connectivity index (χ4v) is 2.12. The van der Waals surface area contributed by atoms with E-state index < -0.39 is 6.10 Å². The number of nitrogens with one attached hydrogen (secondary N) is 2. The first-order valence-corrected chi connectivity index (χ1v) is 8.04. The SMILES string of the molecule is N#Cc1ccc(OCC(O)CNC(=O)NCCc2ccccc2)cc1. The quantitative estimate of drug-likeness (QED) is 0.684. The van der Waals surface area contributed by atoms with Gasteiger partial charge in [-0.15, -0.1) is 0 Å². The molecule has 1 atom stereocenters. The number of urea groups is 1. The summed E-state index contributed by atoms with van der Waals surface area (Å²) < 4.78 is 5.41. The van der Waals surface area contributed by atoms with E-state index >= 15 is 0 Å². The first kappa shape index (κ1) is 18.3. The van der Waals surface area contributed by atoms with E-state index in [-0.39, 0.29) is 19.2 Å². The van der Waals surface area contributed by atoms with Crippen LogP contribution >= 0.6 is 0 Å². The molecule has 0 aliphatic heterocycles. The number of ether oxygens (including phenoxy) is 1. The molecule has 0 aliphatic carbocycles. The van der Waals surface area contributed by atoms with Gasteiger partial charge in [-0.05, 0) is 36.2 Å². The van der Waals surface area contributed by atoms with E-state index in [0.29, 0.717) is 17.9 Å². The van der Waals surface area contributed by atoms with Crippen molar-refractivity contribution in [3.05, 3.63) is 65.7 Å². The second-order valence-electron chi connectivity index (χ2n) is 5.47. The van der Waals surface area contributed by atoms with Crippen LogP contribution in [-0.2, 0) is 6.42 Å². The molecule has 0 aromatic heterocycles. The number of carbonyl (C=O) groups excluding carboxylic acids is 1. The van der Waals surface area contributed by atoms with Gasteiger partial charge in [-0.2, -0.15) is 5.26 Å². The minimum atomic E-state index is -0.824. The number of nitrogens with zero attached hydrogens (tertiary/aromatic N) is 1. The number of rotatable bonds is 8. The molecule has 2 rings (SSSR count). The molecule has 6 nitrogen and oxygen atoms in total. The van der Waals surface area contributed by atoms with Gasteiger partial charge in [-0.25, -0.2) is 4.79 Å². The number of amides is 2. The molecule has 2 aromatic carbocycles. The molecule has 0 radical (unpaired) electrons. The number of hydrogen-bond acceptors (Lipinski definition) is 4. The summed E-state index contributed by atoms with van der Waals surface area (Å²) in [5, 5.41) is 23.9. The van der Waals surface area contributed by atoms with Crippen LogP contribution in [0.5, 0.6) is 5.75 Å². The lowest BCUT2D eigenvalue weighted by molar-refractivity contribution is 0.108. The third-order valence-electron chi connectivity index (χ3n) is 3.47. The minimum absolute atomic E-state index is 0.0518. The van der Waals surface area contributed by atoms with Crippen molar-refractivity contribution in [3.8, 4) is 11.8 Å². The first-order chi connectivity index (χ1) is 12.2. The van der Waals surface area contributed by atoms with Crippen LogP contribution in [0.25, 0.3) is 0 Å². The van der Waals surface area contributed by atoms with E-state index in [1.165, 1.54) is 0 Å². The van der Waals surface area contributed by atoms with Crippen LogP contribution in [0.3, 0.4) is 0 Å². The van der Waals surface area contributed by atoms with Gasteiger partial charge < -0.3 is 20.5 Å². The van der Waals surface area contributed by atoms with E-state index in [9.17, 15) is 9.90 Å². The maximum Gasteiger partial charge on any atom is 0.314 e. The Labute approximate surface area is 147 Å². The Morgan fingerprint density at radius 3 is 2.52 bits per heavy atom. The second kappa shape index (κ2) is 9.96.